The lowest BCUT2D eigenvalue weighted by atomic mass is 10.1. The Bertz CT molecular complexity index is 680. The fraction of sp³-hybridized carbons (Fsp3) is 0.143. The van der Waals surface area contributed by atoms with Crippen molar-refractivity contribution in [2.24, 2.45) is 0 Å². The summed E-state index contributed by atoms with van der Waals surface area (Å²) in [5, 5.41) is 2.54. The Hall–Kier alpha value is -2.41. The Labute approximate surface area is 129 Å². The van der Waals surface area contributed by atoms with Crippen LogP contribution in [0.2, 0.25) is 5.15 Å². The lowest BCUT2D eigenvalue weighted by molar-refractivity contribution is 0.101. The number of ether oxygens (including phenoxy) is 2. The van der Waals surface area contributed by atoms with Crippen LogP contribution in [0.5, 0.6) is 11.5 Å². The number of rotatable bonds is 4. The van der Waals surface area contributed by atoms with Gasteiger partial charge in [0.25, 0.3) is 5.91 Å². The summed E-state index contributed by atoms with van der Waals surface area (Å²) in [6.07, 6.45) is 1.26. The Morgan fingerprint density at radius 3 is 2.23 bits per heavy atom. The fourth-order valence-corrected chi connectivity index (χ4v) is 1.84. The summed E-state index contributed by atoms with van der Waals surface area (Å²) < 4.78 is 37.8. The summed E-state index contributed by atoms with van der Waals surface area (Å²) in [6, 6.07) is 3.89. The van der Waals surface area contributed by atoms with E-state index in [-0.39, 0.29) is 22.3 Å². The van der Waals surface area contributed by atoms with E-state index in [1.807, 2.05) is 0 Å². The highest BCUT2D eigenvalue weighted by Crippen LogP contribution is 2.31. The maximum absolute atomic E-state index is 14.1. The predicted molar refractivity (Wildman–Crippen MR) is 76.7 cm³/mol. The third kappa shape index (κ3) is 3.09. The van der Waals surface area contributed by atoms with Crippen molar-refractivity contribution in [1.82, 2.24) is 4.98 Å². The number of halogens is 3. The second-order valence-corrected chi connectivity index (χ2v) is 4.50. The first kappa shape index (κ1) is 16.0. The number of hydrogen-bond acceptors (Lipinski definition) is 4. The lowest BCUT2D eigenvalue weighted by Crippen LogP contribution is -2.17. The molecule has 0 aliphatic rings. The van der Waals surface area contributed by atoms with Gasteiger partial charge in [-0.05, 0) is 12.1 Å². The number of benzene rings is 1. The van der Waals surface area contributed by atoms with Crippen LogP contribution in [0, 0.1) is 11.6 Å². The zero-order chi connectivity index (χ0) is 16.3. The molecular weight excluding hydrogens is 318 g/mol. The van der Waals surface area contributed by atoms with Crippen LogP contribution < -0.4 is 14.8 Å². The molecule has 1 aromatic carbocycles. The number of carbonyl (C=O) groups excluding carboxylic acids is 1. The van der Waals surface area contributed by atoms with E-state index in [1.54, 1.807) is 0 Å². The molecule has 0 radical (unpaired) electrons. The number of methoxy groups -OCH3 is 2. The average molecular weight is 329 g/mol. The van der Waals surface area contributed by atoms with Crippen molar-refractivity contribution >= 4 is 23.2 Å². The summed E-state index contributed by atoms with van der Waals surface area (Å²) >= 11 is 5.62. The van der Waals surface area contributed by atoms with E-state index >= 15 is 0 Å². The Morgan fingerprint density at radius 1 is 1.18 bits per heavy atom. The molecule has 116 valence electrons. The Kier molecular flexibility index (Phi) is 4.77. The van der Waals surface area contributed by atoms with Gasteiger partial charge in [-0.3, -0.25) is 4.79 Å². The number of amides is 1. The van der Waals surface area contributed by atoms with E-state index < -0.39 is 23.1 Å². The first-order chi connectivity index (χ1) is 10.5. The summed E-state index contributed by atoms with van der Waals surface area (Å²) in [4.78, 5) is 15.9. The highest BCUT2D eigenvalue weighted by atomic mass is 35.5. The molecule has 0 aliphatic heterocycles. The number of anilines is 1. The molecule has 0 atom stereocenters. The van der Waals surface area contributed by atoms with E-state index in [9.17, 15) is 13.6 Å². The van der Waals surface area contributed by atoms with Crippen molar-refractivity contribution in [1.29, 1.82) is 0 Å². The molecule has 0 bridgehead atoms. The van der Waals surface area contributed by atoms with Crippen LogP contribution >= 0.6 is 11.6 Å². The van der Waals surface area contributed by atoms with Crippen LogP contribution in [0.1, 0.15) is 10.4 Å². The molecule has 0 saturated heterocycles. The van der Waals surface area contributed by atoms with Gasteiger partial charge in [0.15, 0.2) is 23.1 Å². The molecule has 2 rings (SSSR count). The van der Waals surface area contributed by atoms with Crippen LogP contribution in [0.15, 0.2) is 24.4 Å². The minimum atomic E-state index is -1.12. The van der Waals surface area contributed by atoms with Gasteiger partial charge >= 0.3 is 0 Å². The van der Waals surface area contributed by atoms with Crippen molar-refractivity contribution in [2.75, 3.05) is 19.5 Å². The Morgan fingerprint density at radius 2 is 1.77 bits per heavy atom. The van der Waals surface area contributed by atoms with E-state index in [1.165, 1.54) is 32.5 Å². The molecule has 2 aromatic rings. The zero-order valence-electron chi connectivity index (χ0n) is 11.6. The Balaban J connectivity index is 2.42. The summed E-state index contributed by atoms with van der Waals surface area (Å²) in [7, 11) is 2.39. The summed E-state index contributed by atoms with van der Waals surface area (Å²) in [6.45, 7) is 0. The second-order valence-electron chi connectivity index (χ2n) is 4.11. The quantitative estimate of drug-likeness (QED) is 0.875. The van der Waals surface area contributed by atoms with E-state index in [4.69, 9.17) is 21.1 Å². The van der Waals surface area contributed by atoms with E-state index in [0.29, 0.717) is 0 Å². The van der Waals surface area contributed by atoms with Gasteiger partial charge in [-0.25, -0.2) is 13.8 Å². The van der Waals surface area contributed by atoms with Crippen molar-refractivity contribution in [3.63, 3.8) is 0 Å². The lowest BCUT2D eigenvalue weighted by Gasteiger charge is -2.12. The standard InChI is InChI=1S/C14H11ClF2N2O3/c1-21-8-5-9(22-2)13(17)11(12(8)16)14(20)19-7-3-4-10(15)18-6-7/h3-6H,1-2H3,(H,19,20). The van der Waals surface area contributed by atoms with Gasteiger partial charge in [0.2, 0.25) is 0 Å². The summed E-state index contributed by atoms with van der Waals surface area (Å²) in [5.41, 5.74) is -0.582. The molecular formula is C14H11ClF2N2O3. The number of carbonyl (C=O) groups is 1. The summed E-state index contributed by atoms with van der Waals surface area (Å²) in [5.74, 6) is -3.87. The maximum atomic E-state index is 14.1. The number of nitrogens with zero attached hydrogens (tertiary/aromatic N) is 1. The molecule has 0 aliphatic carbocycles. The van der Waals surface area contributed by atoms with Crippen molar-refractivity contribution in [2.45, 2.75) is 0 Å². The molecule has 1 aromatic heterocycles. The first-order valence-corrected chi connectivity index (χ1v) is 6.38. The van der Waals surface area contributed by atoms with Gasteiger partial charge in [-0.15, -0.1) is 0 Å². The topological polar surface area (TPSA) is 60.5 Å². The third-order valence-electron chi connectivity index (χ3n) is 2.79. The number of pyridine rings is 1. The molecule has 1 N–H and O–H groups in total. The molecule has 22 heavy (non-hydrogen) atoms. The van der Waals surface area contributed by atoms with Crippen molar-refractivity contribution < 1.29 is 23.0 Å². The minimum absolute atomic E-state index is 0.221. The highest BCUT2D eigenvalue weighted by molar-refractivity contribution is 6.29. The minimum Gasteiger partial charge on any atom is -0.494 e. The van der Waals surface area contributed by atoms with Crippen LogP contribution in [0.25, 0.3) is 0 Å². The fourth-order valence-electron chi connectivity index (χ4n) is 1.73. The molecule has 8 heteroatoms. The SMILES string of the molecule is COc1cc(OC)c(F)c(C(=O)Nc2ccc(Cl)nc2)c1F. The molecule has 5 nitrogen and oxygen atoms in total. The van der Waals surface area contributed by atoms with Crippen molar-refractivity contribution in [3.8, 4) is 11.5 Å². The molecule has 0 unspecified atom stereocenters. The molecule has 1 heterocycles. The average Bonchev–Trinajstić information content (AvgIpc) is 2.50. The first-order valence-electron chi connectivity index (χ1n) is 6.00. The van der Waals surface area contributed by atoms with Crippen LogP contribution in [-0.2, 0) is 0 Å². The monoisotopic (exact) mass is 328 g/mol. The van der Waals surface area contributed by atoms with Crippen molar-refractivity contribution in [3.05, 3.63) is 46.7 Å². The normalized spacial score (nSPS) is 10.2. The van der Waals surface area contributed by atoms with Gasteiger partial charge in [0.1, 0.15) is 10.7 Å². The number of nitrogens with one attached hydrogen (secondary N) is 1. The molecule has 0 spiro atoms. The van der Waals surface area contributed by atoms with Gasteiger partial charge in [0, 0.05) is 6.07 Å². The van der Waals surface area contributed by atoms with E-state index in [2.05, 4.69) is 10.3 Å². The van der Waals surface area contributed by atoms with Gasteiger partial charge in [-0.2, -0.15) is 0 Å². The van der Waals surface area contributed by atoms with E-state index in [0.717, 1.165) is 6.07 Å². The smallest absolute Gasteiger partial charge is 0.261 e. The molecule has 1 amide bonds. The third-order valence-corrected chi connectivity index (χ3v) is 3.01. The maximum Gasteiger partial charge on any atom is 0.261 e. The number of aromatic nitrogens is 1. The molecule has 0 saturated carbocycles. The number of hydrogen-bond donors (Lipinski definition) is 1. The van der Waals surface area contributed by atoms with Gasteiger partial charge in [0.05, 0.1) is 26.1 Å². The predicted octanol–water partition coefficient (Wildman–Crippen LogP) is 3.28. The van der Waals surface area contributed by atoms with Crippen LogP contribution in [-0.4, -0.2) is 25.1 Å². The second kappa shape index (κ2) is 6.57. The van der Waals surface area contributed by atoms with Crippen LogP contribution in [0.3, 0.4) is 0 Å². The van der Waals surface area contributed by atoms with Crippen LogP contribution in [0.4, 0.5) is 14.5 Å². The molecule has 0 fully saturated rings. The largest absolute Gasteiger partial charge is 0.494 e. The zero-order valence-corrected chi connectivity index (χ0v) is 12.4. The van der Waals surface area contributed by atoms with Gasteiger partial charge in [-0.1, -0.05) is 11.6 Å². The van der Waals surface area contributed by atoms with Gasteiger partial charge < -0.3 is 14.8 Å². The highest BCUT2D eigenvalue weighted by Gasteiger charge is 2.25.